The van der Waals surface area contributed by atoms with Gasteiger partial charge in [0.25, 0.3) is 11.1 Å². The van der Waals surface area contributed by atoms with Crippen molar-refractivity contribution in [1.29, 1.82) is 0 Å². The molecule has 176 valence electrons. The largest absolute Gasteiger partial charge is 0.467 e. The molecule has 0 spiro atoms. The molecule has 1 amide bonds. The topological polar surface area (TPSA) is 79.8 Å². The van der Waals surface area contributed by atoms with Crippen LogP contribution >= 0.6 is 11.3 Å². The molecule has 3 aromatic rings. The third kappa shape index (κ3) is 4.87. The van der Waals surface area contributed by atoms with Crippen molar-refractivity contribution < 1.29 is 22.3 Å². The number of piperidine rings is 1. The van der Waals surface area contributed by atoms with Crippen molar-refractivity contribution in [3.63, 3.8) is 0 Å². The van der Waals surface area contributed by atoms with E-state index < -0.39 is 10.0 Å². The monoisotopic (exact) mass is 491 g/mol. The van der Waals surface area contributed by atoms with Crippen LogP contribution in [-0.4, -0.2) is 60.8 Å². The van der Waals surface area contributed by atoms with Crippen LogP contribution in [0.3, 0.4) is 0 Å². The molecule has 2 aromatic carbocycles. The van der Waals surface area contributed by atoms with Crippen molar-refractivity contribution in [2.24, 2.45) is 0 Å². The fourth-order valence-corrected chi connectivity index (χ4v) is 5.92. The summed E-state index contributed by atoms with van der Waals surface area (Å²) in [5.74, 6) is -0.509. The van der Waals surface area contributed by atoms with Crippen molar-refractivity contribution >= 4 is 37.5 Å². The van der Waals surface area contributed by atoms with Gasteiger partial charge in [-0.15, -0.1) is 0 Å². The second-order valence-corrected chi connectivity index (χ2v) is 11.3. The molecule has 1 fully saturated rings. The number of ether oxygens (including phenoxy) is 1. The fourth-order valence-electron chi connectivity index (χ4n) is 3.66. The number of fused-ring (bicyclic) bond motifs is 1. The van der Waals surface area contributed by atoms with Gasteiger partial charge in [0.2, 0.25) is 10.0 Å². The Morgan fingerprint density at radius 1 is 1.18 bits per heavy atom. The van der Waals surface area contributed by atoms with Gasteiger partial charge in [0.1, 0.15) is 17.4 Å². The third-order valence-corrected chi connectivity index (χ3v) is 8.81. The lowest BCUT2D eigenvalue weighted by Gasteiger charge is -2.31. The summed E-state index contributed by atoms with van der Waals surface area (Å²) < 4.78 is 47.1. The van der Waals surface area contributed by atoms with E-state index in [0.717, 1.165) is 4.70 Å². The quantitative estimate of drug-likeness (QED) is 0.518. The van der Waals surface area contributed by atoms with E-state index in [1.807, 2.05) is 6.07 Å². The first kappa shape index (κ1) is 23.6. The van der Waals surface area contributed by atoms with Crippen LogP contribution < -0.4 is 4.74 Å². The van der Waals surface area contributed by atoms with Crippen molar-refractivity contribution in [1.82, 2.24) is 14.2 Å². The molecule has 10 heteroatoms. The number of sulfonamides is 1. The van der Waals surface area contributed by atoms with E-state index in [1.54, 1.807) is 36.9 Å². The minimum Gasteiger partial charge on any atom is -0.467 e. The smallest absolute Gasteiger partial charge is 0.274 e. The zero-order chi connectivity index (χ0) is 23.8. The van der Waals surface area contributed by atoms with Crippen LogP contribution in [0.1, 0.15) is 37.0 Å². The second kappa shape index (κ2) is 9.36. The van der Waals surface area contributed by atoms with Crippen molar-refractivity contribution in [3.05, 3.63) is 53.8 Å². The number of likely N-dealkylation sites (tertiary alicyclic amines) is 1. The number of carbonyl (C=O) groups is 1. The maximum atomic E-state index is 13.9. The highest BCUT2D eigenvalue weighted by atomic mass is 32.2. The molecule has 4 rings (SSSR count). The number of nitrogens with zero attached hydrogens (tertiary/aromatic N) is 3. The molecular weight excluding hydrogens is 465 g/mol. The van der Waals surface area contributed by atoms with E-state index in [-0.39, 0.29) is 28.8 Å². The summed E-state index contributed by atoms with van der Waals surface area (Å²) >= 11 is 1.31. The number of halogens is 1. The lowest BCUT2D eigenvalue weighted by Crippen LogP contribution is -2.41. The van der Waals surface area contributed by atoms with Crippen LogP contribution in [0.2, 0.25) is 0 Å². The number of thiazole rings is 1. The van der Waals surface area contributed by atoms with Gasteiger partial charge in [-0.1, -0.05) is 17.4 Å². The van der Waals surface area contributed by atoms with E-state index >= 15 is 0 Å². The normalized spacial score (nSPS) is 15.5. The molecule has 1 aliphatic heterocycles. The fraction of sp³-hybridized carbons (Fsp3) is 0.391. The molecular formula is C23H26FN3O4S2. The van der Waals surface area contributed by atoms with Crippen LogP contribution in [0, 0.1) is 5.82 Å². The molecule has 1 aliphatic rings. The summed E-state index contributed by atoms with van der Waals surface area (Å²) in [6.07, 6.45) is 1.17. The summed E-state index contributed by atoms with van der Waals surface area (Å²) in [6.45, 7) is 4.63. The highest BCUT2D eigenvalue weighted by molar-refractivity contribution is 7.89. The van der Waals surface area contributed by atoms with Gasteiger partial charge in [-0.05, 0) is 50.2 Å². The Morgan fingerprint density at radius 3 is 2.45 bits per heavy atom. The minimum absolute atomic E-state index is 0.100. The number of hydrogen-bond donors (Lipinski definition) is 0. The Bertz CT molecular complexity index is 1250. The molecule has 1 aromatic heterocycles. The molecule has 0 radical (unpaired) electrons. The Morgan fingerprint density at radius 2 is 1.85 bits per heavy atom. The van der Waals surface area contributed by atoms with Gasteiger partial charge >= 0.3 is 0 Å². The zero-order valence-electron chi connectivity index (χ0n) is 18.7. The summed E-state index contributed by atoms with van der Waals surface area (Å²) in [7, 11) is -2.05. The molecule has 0 aliphatic carbocycles. The Labute approximate surface area is 196 Å². The molecule has 2 heterocycles. The van der Waals surface area contributed by atoms with Crippen LogP contribution in [-0.2, 0) is 10.0 Å². The SMILES string of the molecule is CC(C)N(C)S(=O)(=O)c1ccc(C(=O)N2CCC(Oc3nc4c(F)cccc4s3)CC2)cc1. The number of amides is 1. The van der Waals surface area contributed by atoms with Crippen molar-refractivity contribution in [2.75, 3.05) is 20.1 Å². The Kier molecular flexibility index (Phi) is 6.69. The number of hydrogen-bond acceptors (Lipinski definition) is 6. The predicted molar refractivity (Wildman–Crippen MR) is 126 cm³/mol. The number of carbonyl (C=O) groups excluding carboxylic acids is 1. The van der Waals surface area contributed by atoms with Gasteiger partial charge in [0.05, 0.1) is 9.60 Å². The third-order valence-electron chi connectivity index (χ3n) is 5.85. The van der Waals surface area contributed by atoms with Crippen LogP contribution in [0.25, 0.3) is 10.2 Å². The maximum absolute atomic E-state index is 13.9. The first-order valence-electron chi connectivity index (χ1n) is 10.8. The lowest BCUT2D eigenvalue weighted by molar-refractivity contribution is 0.0595. The summed E-state index contributed by atoms with van der Waals surface area (Å²) in [5.41, 5.74) is 0.761. The average Bonchev–Trinajstić information content (AvgIpc) is 3.22. The average molecular weight is 492 g/mol. The van der Waals surface area contributed by atoms with Gasteiger partial charge in [-0.25, -0.2) is 12.8 Å². The number of aromatic nitrogens is 1. The van der Waals surface area contributed by atoms with Crippen molar-refractivity contribution in [3.8, 4) is 5.19 Å². The number of para-hydroxylation sites is 1. The Balaban J connectivity index is 1.36. The Hall–Kier alpha value is -2.56. The predicted octanol–water partition coefficient (Wildman–Crippen LogP) is 4.15. The molecule has 7 nitrogen and oxygen atoms in total. The number of benzene rings is 2. The first-order valence-corrected chi connectivity index (χ1v) is 13.0. The molecule has 0 bridgehead atoms. The first-order chi connectivity index (χ1) is 15.7. The molecule has 0 atom stereocenters. The van der Waals surface area contributed by atoms with Gasteiger partial charge in [0, 0.05) is 44.6 Å². The van der Waals surface area contributed by atoms with Crippen LogP contribution in [0.15, 0.2) is 47.4 Å². The van der Waals surface area contributed by atoms with Crippen molar-refractivity contribution in [2.45, 2.75) is 43.7 Å². The zero-order valence-corrected chi connectivity index (χ0v) is 20.3. The summed E-state index contributed by atoms with van der Waals surface area (Å²) in [5, 5.41) is 0.433. The van der Waals surface area contributed by atoms with E-state index in [4.69, 9.17) is 4.74 Å². The molecule has 33 heavy (non-hydrogen) atoms. The van der Waals surface area contributed by atoms with Gasteiger partial charge in [0.15, 0.2) is 0 Å². The van der Waals surface area contributed by atoms with Gasteiger partial charge in [-0.3, -0.25) is 4.79 Å². The lowest BCUT2D eigenvalue weighted by atomic mass is 10.1. The van der Waals surface area contributed by atoms with Crippen LogP contribution in [0.4, 0.5) is 4.39 Å². The number of rotatable bonds is 6. The molecule has 0 unspecified atom stereocenters. The molecule has 0 N–H and O–H groups in total. The van der Waals surface area contributed by atoms with Gasteiger partial charge < -0.3 is 9.64 Å². The highest BCUT2D eigenvalue weighted by Crippen LogP contribution is 2.31. The highest BCUT2D eigenvalue weighted by Gasteiger charge is 2.27. The van der Waals surface area contributed by atoms with E-state index in [2.05, 4.69) is 4.98 Å². The molecule has 0 saturated carbocycles. The molecule has 1 saturated heterocycles. The van der Waals surface area contributed by atoms with E-state index in [9.17, 15) is 17.6 Å². The van der Waals surface area contributed by atoms with E-state index in [1.165, 1.54) is 40.9 Å². The summed E-state index contributed by atoms with van der Waals surface area (Å²) in [6, 6.07) is 10.7. The maximum Gasteiger partial charge on any atom is 0.274 e. The van der Waals surface area contributed by atoms with E-state index in [0.29, 0.717) is 42.2 Å². The van der Waals surface area contributed by atoms with Gasteiger partial charge in [-0.2, -0.15) is 9.29 Å². The van der Waals surface area contributed by atoms with Crippen LogP contribution in [0.5, 0.6) is 5.19 Å². The second-order valence-electron chi connectivity index (χ2n) is 8.32. The summed E-state index contributed by atoms with van der Waals surface area (Å²) in [4.78, 5) is 19.0. The minimum atomic E-state index is -3.59. The standard InChI is InChI=1S/C23H26FN3O4S2/c1-15(2)26(3)33(29,30)18-9-7-16(8-10-18)22(28)27-13-11-17(12-14-27)31-23-25-21-19(24)5-4-6-20(21)32-23/h4-10,15,17H,11-14H2,1-3H3.